The normalized spacial score (nSPS) is 12.1. The molecule has 1 N–H and O–H groups in total. The molecule has 31 heavy (non-hydrogen) atoms. The van der Waals surface area contributed by atoms with Crippen LogP contribution < -0.4 is 4.72 Å². The maximum Gasteiger partial charge on any atom is 0.261 e. The molecule has 0 bridgehead atoms. The van der Waals surface area contributed by atoms with E-state index in [1.807, 2.05) is 41.8 Å². The number of nitrogens with zero attached hydrogens (tertiary/aromatic N) is 2. The van der Waals surface area contributed by atoms with Crippen LogP contribution in [0.1, 0.15) is 37.8 Å². The molecule has 0 saturated heterocycles. The van der Waals surface area contributed by atoms with Gasteiger partial charge in [0.05, 0.1) is 21.9 Å². The van der Waals surface area contributed by atoms with Gasteiger partial charge in [0.15, 0.2) is 0 Å². The van der Waals surface area contributed by atoms with Crippen LogP contribution in [0.15, 0.2) is 75.5 Å². The van der Waals surface area contributed by atoms with Gasteiger partial charge in [-0.25, -0.2) is 8.42 Å². The third-order valence-corrected chi connectivity index (χ3v) is 7.09. The van der Waals surface area contributed by atoms with Crippen LogP contribution in [0.5, 0.6) is 0 Å². The van der Waals surface area contributed by atoms with Crippen molar-refractivity contribution < 1.29 is 12.9 Å². The van der Waals surface area contributed by atoms with Gasteiger partial charge in [-0.1, -0.05) is 62.3 Å². The highest BCUT2D eigenvalue weighted by atomic mass is 32.2. The fourth-order valence-corrected chi connectivity index (χ4v) is 4.86. The van der Waals surface area contributed by atoms with E-state index in [2.05, 4.69) is 35.6 Å². The van der Waals surface area contributed by atoms with Crippen LogP contribution in [0.4, 0.5) is 5.69 Å². The summed E-state index contributed by atoms with van der Waals surface area (Å²) in [6.45, 7) is 6.27. The summed E-state index contributed by atoms with van der Waals surface area (Å²) in [6.07, 6.45) is 0.319. The second kappa shape index (κ2) is 8.28. The monoisotopic (exact) mass is 453 g/mol. The van der Waals surface area contributed by atoms with Crippen LogP contribution in [-0.4, -0.2) is 18.6 Å². The van der Waals surface area contributed by atoms with Crippen LogP contribution in [0.2, 0.25) is 0 Å². The average molecular weight is 454 g/mol. The van der Waals surface area contributed by atoms with Gasteiger partial charge in [-0.3, -0.25) is 4.72 Å². The molecule has 4 rings (SSSR count). The Balaban J connectivity index is 1.56. The number of anilines is 1. The molecular formula is C23H23N3O3S2. The Bertz CT molecular complexity index is 1270. The maximum atomic E-state index is 13.0. The number of nitrogens with one attached hydrogen (secondary N) is 1. The number of para-hydroxylation sites is 1. The Labute approximate surface area is 186 Å². The Hall–Kier alpha value is -2.97. The molecule has 2 aromatic heterocycles. The van der Waals surface area contributed by atoms with Gasteiger partial charge >= 0.3 is 0 Å². The van der Waals surface area contributed by atoms with Crippen LogP contribution in [0, 0.1) is 0 Å². The lowest BCUT2D eigenvalue weighted by Gasteiger charge is -2.19. The van der Waals surface area contributed by atoms with Crippen molar-refractivity contribution in [2.75, 3.05) is 4.72 Å². The molecule has 0 radical (unpaired) electrons. The van der Waals surface area contributed by atoms with E-state index in [9.17, 15) is 8.42 Å². The van der Waals surface area contributed by atoms with Crippen molar-refractivity contribution in [2.45, 2.75) is 37.5 Å². The molecule has 0 aliphatic heterocycles. The predicted octanol–water partition coefficient (Wildman–Crippen LogP) is 5.49. The van der Waals surface area contributed by atoms with E-state index in [4.69, 9.17) is 4.52 Å². The zero-order valence-electron chi connectivity index (χ0n) is 17.5. The van der Waals surface area contributed by atoms with E-state index in [0.717, 1.165) is 16.0 Å². The molecule has 6 nitrogen and oxygen atoms in total. The summed E-state index contributed by atoms with van der Waals surface area (Å²) in [7, 11) is -3.74. The molecule has 8 heteroatoms. The van der Waals surface area contributed by atoms with Crippen LogP contribution in [-0.2, 0) is 21.9 Å². The van der Waals surface area contributed by atoms with Gasteiger partial charge in [-0.2, -0.15) is 4.98 Å². The fraction of sp³-hybridized carbons (Fsp3) is 0.217. The van der Waals surface area contributed by atoms with Crippen molar-refractivity contribution in [3.8, 4) is 10.7 Å². The predicted molar refractivity (Wildman–Crippen MR) is 123 cm³/mol. The molecule has 0 unspecified atom stereocenters. The number of thiophene rings is 1. The fourth-order valence-electron chi connectivity index (χ4n) is 3.11. The molecule has 0 aliphatic carbocycles. The van der Waals surface area contributed by atoms with Gasteiger partial charge < -0.3 is 4.52 Å². The third-order valence-electron chi connectivity index (χ3n) is 4.84. The van der Waals surface area contributed by atoms with Crippen LogP contribution in [0.25, 0.3) is 10.7 Å². The third kappa shape index (κ3) is 4.86. The van der Waals surface area contributed by atoms with E-state index < -0.39 is 10.0 Å². The first-order valence-electron chi connectivity index (χ1n) is 9.80. The van der Waals surface area contributed by atoms with E-state index in [-0.39, 0.29) is 10.3 Å². The molecule has 0 amide bonds. The van der Waals surface area contributed by atoms with E-state index in [1.54, 1.807) is 24.3 Å². The van der Waals surface area contributed by atoms with Crippen molar-refractivity contribution in [1.82, 2.24) is 10.1 Å². The van der Waals surface area contributed by atoms with Gasteiger partial charge in [0.2, 0.25) is 11.7 Å². The van der Waals surface area contributed by atoms with Gasteiger partial charge in [-0.15, -0.1) is 11.3 Å². The zero-order chi connectivity index (χ0) is 22.1. The van der Waals surface area contributed by atoms with E-state index in [0.29, 0.717) is 23.8 Å². The highest BCUT2D eigenvalue weighted by Gasteiger charge is 2.19. The summed E-state index contributed by atoms with van der Waals surface area (Å²) >= 11 is 1.53. The Morgan fingerprint density at radius 3 is 2.42 bits per heavy atom. The summed E-state index contributed by atoms with van der Waals surface area (Å²) in [6, 6.07) is 18.0. The van der Waals surface area contributed by atoms with Crippen molar-refractivity contribution in [3.05, 3.63) is 83.1 Å². The molecule has 0 fully saturated rings. The summed E-state index contributed by atoms with van der Waals surface area (Å²) in [4.78, 5) is 5.57. The standard InChI is InChI=1S/C23H23N3O3S2/c1-23(2,3)17-10-12-18(13-11-17)31(27,28)26-19-8-5-4-7-16(19)15-21-24-22(25-29-21)20-9-6-14-30-20/h4-14,26H,15H2,1-3H3. The summed E-state index contributed by atoms with van der Waals surface area (Å²) in [5.41, 5.74) is 2.26. The zero-order valence-corrected chi connectivity index (χ0v) is 19.1. The first-order valence-corrected chi connectivity index (χ1v) is 12.2. The molecule has 2 heterocycles. The summed E-state index contributed by atoms with van der Waals surface area (Å²) in [5.74, 6) is 0.951. The quantitative estimate of drug-likeness (QED) is 0.417. The highest BCUT2D eigenvalue weighted by molar-refractivity contribution is 7.92. The SMILES string of the molecule is CC(C)(C)c1ccc(S(=O)(=O)Nc2ccccc2Cc2nc(-c3cccs3)no2)cc1. The van der Waals surface area contributed by atoms with Crippen LogP contribution in [0.3, 0.4) is 0 Å². The molecule has 0 atom stereocenters. The Kier molecular flexibility index (Phi) is 5.68. The molecule has 0 saturated carbocycles. The van der Waals surface area contributed by atoms with E-state index in [1.165, 1.54) is 11.3 Å². The van der Waals surface area contributed by atoms with Gasteiger partial charge in [0.1, 0.15) is 0 Å². The van der Waals surface area contributed by atoms with Crippen molar-refractivity contribution in [1.29, 1.82) is 0 Å². The second-order valence-electron chi connectivity index (χ2n) is 8.20. The smallest absolute Gasteiger partial charge is 0.261 e. The lowest BCUT2D eigenvalue weighted by molar-refractivity contribution is 0.386. The average Bonchev–Trinajstić information content (AvgIpc) is 3.41. The number of hydrogen-bond donors (Lipinski definition) is 1. The minimum Gasteiger partial charge on any atom is -0.339 e. The molecule has 160 valence electrons. The minimum absolute atomic E-state index is 0.0473. The number of hydrogen-bond acceptors (Lipinski definition) is 6. The molecule has 0 aliphatic rings. The molecule has 2 aromatic carbocycles. The molecule has 4 aromatic rings. The topological polar surface area (TPSA) is 85.1 Å². The highest BCUT2D eigenvalue weighted by Crippen LogP contribution is 2.27. The molecular weight excluding hydrogens is 430 g/mol. The summed E-state index contributed by atoms with van der Waals surface area (Å²) in [5, 5.41) is 5.97. The lowest BCUT2D eigenvalue weighted by atomic mass is 9.87. The number of sulfonamides is 1. The lowest BCUT2D eigenvalue weighted by Crippen LogP contribution is -2.15. The largest absolute Gasteiger partial charge is 0.339 e. The van der Waals surface area contributed by atoms with Gasteiger partial charge in [-0.05, 0) is 46.2 Å². The van der Waals surface area contributed by atoms with Crippen molar-refractivity contribution >= 4 is 27.0 Å². The number of benzene rings is 2. The number of aromatic nitrogens is 2. The number of rotatable bonds is 6. The van der Waals surface area contributed by atoms with Gasteiger partial charge in [0, 0.05) is 0 Å². The minimum atomic E-state index is -3.74. The first-order chi connectivity index (χ1) is 14.7. The Morgan fingerprint density at radius 1 is 1.00 bits per heavy atom. The molecule has 0 spiro atoms. The first kappa shape index (κ1) is 21.3. The van der Waals surface area contributed by atoms with E-state index >= 15 is 0 Å². The summed E-state index contributed by atoms with van der Waals surface area (Å²) < 4.78 is 34.0. The van der Waals surface area contributed by atoms with Crippen LogP contribution >= 0.6 is 11.3 Å². The van der Waals surface area contributed by atoms with Crippen molar-refractivity contribution in [3.63, 3.8) is 0 Å². The Morgan fingerprint density at radius 2 is 1.74 bits per heavy atom. The maximum absolute atomic E-state index is 13.0. The van der Waals surface area contributed by atoms with Crippen molar-refractivity contribution in [2.24, 2.45) is 0 Å². The van der Waals surface area contributed by atoms with Gasteiger partial charge in [0.25, 0.3) is 10.0 Å². The second-order valence-corrected chi connectivity index (χ2v) is 10.8.